The second-order valence-electron chi connectivity index (χ2n) is 4.96. The number of morpholine rings is 1. The molecule has 0 radical (unpaired) electrons. The highest BCUT2D eigenvalue weighted by atomic mass is 16.5. The molecule has 0 aromatic carbocycles. The molecule has 1 amide bonds. The minimum atomic E-state index is -0.177. The largest absolute Gasteiger partial charge is 0.378 e. The van der Waals surface area contributed by atoms with Crippen molar-refractivity contribution in [3.63, 3.8) is 0 Å². The third kappa shape index (κ3) is 4.04. The molecule has 1 fully saturated rings. The summed E-state index contributed by atoms with van der Waals surface area (Å²) in [6.45, 7) is 7.40. The summed E-state index contributed by atoms with van der Waals surface area (Å²) in [7, 11) is 0. The van der Waals surface area contributed by atoms with E-state index in [1.165, 1.54) is 0 Å². The summed E-state index contributed by atoms with van der Waals surface area (Å²) < 4.78 is 7.12. The van der Waals surface area contributed by atoms with E-state index in [0.29, 0.717) is 26.3 Å². The molecule has 2 atom stereocenters. The molecule has 6 nitrogen and oxygen atoms in total. The van der Waals surface area contributed by atoms with Gasteiger partial charge in [0.05, 0.1) is 25.8 Å². The Morgan fingerprint density at radius 1 is 1.42 bits per heavy atom. The Morgan fingerprint density at radius 3 is 2.79 bits per heavy atom. The van der Waals surface area contributed by atoms with Gasteiger partial charge in [-0.25, -0.2) is 0 Å². The lowest BCUT2D eigenvalue weighted by molar-refractivity contribution is -0.137. The Kier molecular flexibility index (Phi) is 4.93. The van der Waals surface area contributed by atoms with Crippen molar-refractivity contribution in [1.29, 1.82) is 0 Å². The number of carbonyl (C=O) groups excluding carboxylic acids is 1. The molecule has 2 rings (SSSR count). The predicted molar refractivity (Wildman–Crippen MR) is 71.7 cm³/mol. The topological polar surface area (TPSA) is 59.4 Å². The zero-order valence-corrected chi connectivity index (χ0v) is 11.6. The van der Waals surface area contributed by atoms with Gasteiger partial charge in [-0.05, 0) is 19.9 Å². The van der Waals surface area contributed by atoms with Crippen molar-refractivity contribution in [2.45, 2.75) is 32.5 Å². The van der Waals surface area contributed by atoms with E-state index in [2.05, 4.69) is 17.3 Å². The van der Waals surface area contributed by atoms with Crippen LogP contribution < -0.4 is 5.32 Å². The average Bonchev–Trinajstić information content (AvgIpc) is 2.91. The first-order chi connectivity index (χ1) is 9.16. The van der Waals surface area contributed by atoms with E-state index in [-0.39, 0.29) is 18.0 Å². The van der Waals surface area contributed by atoms with Crippen LogP contribution in [0.1, 0.15) is 13.8 Å². The first-order valence-corrected chi connectivity index (χ1v) is 6.77. The van der Waals surface area contributed by atoms with Crippen molar-refractivity contribution < 1.29 is 9.53 Å². The summed E-state index contributed by atoms with van der Waals surface area (Å²) in [5.41, 5.74) is 0. The molecule has 1 aliphatic heterocycles. The van der Waals surface area contributed by atoms with E-state index in [9.17, 15) is 4.79 Å². The van der Waals surface area contributed by atoms with Gasteiger partial charge in [0.15, 0.2) is 0 Å². The molecule has 1 saturated heterocycles. The van der Waals surface area contributed by atoms with Crippen LogP contribution in [0.4, 0.5) is 0 Å². The molecule has 6 heteroatoms. The summed E-state index contributed by atoms with van der Waals surface area (Å²) in [4.78, 5) is 14.1. The van der Waals surface area contributed by atoms with E-state index < -0.39 is 0 Å². The fourth-order valence-corrected chi connectivity index (χ4v) is 2.30. The van der Waals surface area contributed by atoms with Gasteiger partial charge in [0.1, 0.15) is 0 Å². The number of amides is 1. The van der Waals surface area contributed by atoms with Gasteiger partial charge in [0, 0.05) is 31.5 Å². The van der Waals surface area contributed by atoms with Gasteiger partial charge < -0.3 is 15.0 Å². The van der Waals surface area contributed by atoms with Gasteiger partial charge in [0.25, 0.3) is 0 Å². The zero-order chi connectivity index (χ0) is 13.7. The molecular formula is C13H22N4O2. The molecular weight excluding hydrogens is 244 g/mol. The molecule has 19 heavy (non-hydrogen) atoms. The second kappa shape index (κ2) is 6.68. The van der Waals surface area contributed by atoms with E-state index in [1.807, 2.05) is 28.8 Å². The van der Waals surface area contributed by atoms with Crippen LogP contribution in [-0.2, 0) is 16.1 Å². The van der Waals surface area contributed by atoms with Gasteiger partial charge >= 0.3 is 0 Å². The van der Waals surface area contributed by atoms with Crippen molar-refractivity contribution in [2.75, 3.05) is 26.3 Å². The fraction of sp³-hybridized carbons (Fsp3) is 0.692. The summed E-state index contributed by atoms with van der Waals surface area (Å²) in [6.07, 6.45) is 3.68. The highest BCUT2D eigenvalue weighted by molar-refractivity contribution is 5.81. The lowest BCUT2D eigenvalue weighted by Crippen LogP contribution is -2.51. The molecule has 0 aliphatic carbocycles. The maximum atomic E-state index is 12.2. The Bertz CT molecular complexity index is 387. The van der Waals surface area contributed by atoms with Gasteiger partial charge in [-0.2, -0.15) is 5.10 Å². The number of nitrogens with zero attached hydrogens (tertiary/aromatic N) is 3. The first kappa shape index (κ1) is 14.0. The Hall–Kier alpha value is -1.40. The third-order valence-corrected chi connectivity index (χ3v) is 3.25. The predicted octanol–water partition coefficient (Wildman–Crippen LogP) is 0.109. The summed E-state index contributed by atoms with van der Waals surface area (Å²) in [6, 6.07) is 1.92. The van der Waals surface area contributed by atoms with Crippen molar-refractivity contribution in [3.05, 3.63) is 18.5 Å². The fourth-order valence-electron chi connectivity index (χ4n) is 2.30. The normalized spacial score (nSPS) is 19.2. The van der Waals surface area contributed by atoms with Crippen molar-refractivity contribution in [2.24, 2.45) is 0 Å². The van der Waals surface area contributed by atoms with Gasteiger partial charge in [-0.1, -0.05) is 0 Å². The lowest BCUT2D eigenvalue weighted by Gasteiger charge is -2.30. The Labute approximate surface area is 113 Å². The number of aromatic nitrogens is 2. The van der Waals surface area contributed by atoms with Gasteiger partial charge in [-0.15, -0.1) is 0 Å². The van der Waals surface area contributed by atoms with Crippen LogP contribution in [0, 0.1) is 0 Å². The van der Waals surface area contributed by atoms with Crippen LogP contribution in [0.2, 0.25) is 0 Å². The average molecular weight is 266 g/mol. The van der Waals surface area contributed by atoms with Gasteiger partial charge in [0.2, 0.25) is 5.91 Å². The van der Waals surface area contributed by atoms with Crippen LogP contribution in [0.3, 0.4) is 0 Å². The van der Waals surface area contributed by atoms with Crippen LogP contribution in [0.15, 0.2) is 18.5 Å². The molecule has 1 N–H and O–H groups in total. The van der Waals surface area contributed by atoms with Gasteiger partial charge in [-0.3, -0.25) is 9.48 Å². The number of ether oxygens (including phenoxy) is 1. The first-order valence-electron chi connectivity index (χ1n) is 6.77. The SMILES string of the molecule is C[C@H](Cn1cccn1)N[C@H](C)C(=O)N1CCOCC1. The quantitative estimate of drug-likeness (QED) is 0.822. The zero-order valence-electron chi connectivity index (χ0n) is 11.6. The van der Waals surface area contributed by atoms with E-state index in [4.69, 9.17) is 4.74 Å². The van der Waals surface area contributed by atoms with E-state index in [0.717, 1.165) is 6.54 Å². The van der Waals surface area contributed by atoms with E-state index >= 15 is 0 Å². The summed E-state index contributed by atoms with van der Waals surface area (Å²) in [5.74, 6) is 0.149. The van der Waals surface area contributed by atoms with Crippen LogP contribution in [0.25, 0.3) is 0 Å². The Balaban J connectivity index is 1.78. The molecule has 0 spiro atoms. The number of hydrogen-bond donors (Lipinski definition) is 1. The third-order valence-electron chi connectivity index (χ3n) is 3.25. The molecule has 106 valence electrons. The number of hydrogen-bond acceptors (Lipinski definition) is 4. The van der Waals surface area contributed by atoms with Crippen LogP contribution in [-0.4, -0.2) is 59.0 Å². The highest BCUT2D eigenvalue weighted by Crippen LogP contribution is 2.02. The minimum absolute atomic E-state index is 0.149. The molecule has 2 heterocycles. The van der Waals surface area contributed by atoms with E-state index in [1.54, 1.807) is 6.20 Å². The molecule has 0 unspecified atom stereocenters. The lowest BCUT2D eigenvalue weighted by atomic mass is 10.2. The van der Waals surface area contributed by atoms with Crippen LogP contribution >= 0.6 is 0 Å². The number of nitrogens with one attached hydrogen (secondary N) is 1. The van der Waals surface area contributed by atoms with Crippen molar-refractivity contribution >= 4 is 5.91 Å². The monoisotopic (exact) mass is 266 g/mol. The molecule has 1 aromatic rings. The number of rotatable bonds is 5. The van der Waals surface area contributed by atoms with Crippen molar-refractivity contribution in [3.8, 4) is 0 Å². The minimum Gasteiger partial charge on any atom is -0.378 e. The highest BCUT2D eigenvalue weighted by Gasteiger charge is 2.23. The maximum Gasteiger partial charge on any atom is 0.239 e. The smallest absolute Gasteiger partial charge is 0.239 e. The standard InChI is InChI=1S/C13H22N4O2/c1-11(10-17-5-3-4-14-17)15-12(2)13(18)16-6-8-19-9-7-16/h3-5,11-12,15H,6-10H2,1-2H3/t11-,12-/m1/s1. The molecule has 0 saturated carbocycles. The maximum absolute atomic E-state index is 12.2. The molecule has 1 aromatic heterocycles. The second-order valence-corrected chi connectivity index (χ2v) is 4.96. The summed E-state index contributed by atoms with van der Waals surface area (Å²) in [5, 5.41) is 7.49. The van der Waals surface area contributed by atoms with Crippen LogP contribution in [0.5, 0.6) is 0 Å². The number of carbonyl (C=O) groups is 1. The van der Waals surface area contributed by atoms with Crippen molar-refractivity contribution in [1.82, 2.24) is 20.0 Å². The Morgan fingerprint density at radius 2 is 2.16 bits per heavy atom. The molecule has 0 bridgehead atoms. The summed E-state index contributed by atoms with van der Waals surface area (Å²) >= 11 is 0. The molecule has 1 aliphatic rings.